The summed E-state index contributed by atoms with van der Waals surface area (Å²) in [5.74, 6) is -1.46. The lowest BCUT2D eigenvalue weighted by molar-refractivity contribution is -0.149. The number of carboxylic acid groups (broad SMARTS) is 1. The number of nitrogens with one attached hydrogen (secondary N) is 2. The molecule has 1 aliphatic rings. The topological polar surface area (TPSA) is 114 Å². The number of carboxylic acids is 1. The summed E-state index contributed by atoms with van der Waals surface area (Å²) in [6, 6.07) is 16.3. The molecule has 0 saturated heterocycles. The molecule has 3 rings (SSSR count). The Hall–Kier alpha value is -3.39. The lowest BCUT2D eigenvalue weighted by Gasteiger charge is -2.20. The molecular weight excluding hydrogens is 424 g/mol. The zero-order valence-corrected chi connectivity index (χ0v) is 18.9. The summed E-state index contributed by atoms with van der Waals surface area (Å²) in [5, 5.41) is 11.3. The van der Waals surface area contributed by atoms with Crippen LogP contribution in [0.5, 0.6) is 0 Å². The molecular formula is C25H30N2O6. The number of amides is 2. The van der Waals surface area contributed by atoms with Gasteiger partial charge in [0, 0.05) is 18.9 Å². The van der Waals surface area contributed by atoms with Crippen LogP contribution in [0.1, 0.15) is 43.7 Å². The molecule has 0 saturated carbocycles. The van der Waals surface area contributed by atoms with Gasteiger partial charge in [-0.2, -0.15) is 0 Å². The molecule has 8 heteroatoms. The number of hydrogen-bond acceptors (Lipinski definition) is 5. The quantitative estimate of drug-likeness (QED) is 0.446. The van der Waals surface area contributed by atoms with Crippen LogP contribution < -0.4 is 10.8 Å². The largest absolute Gasteiger partial charge is 0.479 e. The average Bonchev–Trinajstić information content (AvgIpc) is 3.09. The van der Waals surface area contributed by atoms with Crippen LogP contribution in [0.2, 0.25) is 0 Å². The van der Waals surface area contributed by atoms with E-state index in [4.69, 9.17) is 9.84 Å². The maximum absolute atomic E-state index is 12.4. The van der Waals surface area contributed by atoms with Crippen molar-refractivity contribution in [1.82, 2.24) is 10.8 Å². The van der Waals surface area contributed by atoms with Crippen LogP contribution in [-0.2, 0) is 19.2 Å². The number of ether oxygens (including phenoxy) is 1. The molecule has 0 aliphatic heterocycles. The monoisotopic (exact) mass is 454 g/mol. The van der Waals surface area contributed by atoms with E-state index in [2.05, 4.69) is 39.9 Å². The van der Waals surface area contributed by atoms with E-state index in [-0.39, 0.29) is 31.4 Å². The van der Waals surface area contributed by atoms with E-state index in [1.807, 2.05) is 38.1 Å². The fourth-order valence-corrected chi connectivity index (χ4v) is 4.26. The Balaban J connectivity index is 1.52. The second kappa shape index (κ2) is 11.5. The Bertz CT molecular complexity index is 945. The zero-order chi connectivity index (χ0) is 23.8. The van der Waals surface area contributed by atoms with E-state index in [0.29, 0.717) is 12.3 Å². The lowest BCUT2D eigenvalue weighted by Crippen LogP contribution is -2.35. The summed E-state index contributed by atoms with van der Waals surface area (Å²) < 4.78 is 5.55. The highest BCUT2D eigenvalue weighted by molar-refractivity contribution is 5.79. The number of fused-ring (bicyclic) bond motifs is 3. The molecule has 33 heavy (non-hydrogen) atoms. The van der Waals surface area contributed by atoms with Gasteiger partial charge in [-0.05, 0) is 40.5 Å². The van der Waals surface area contributed by atoms with Gasteiger partial charge in [-0.15, -0.1) is 0 Å². The Kier molecular flexibility index (Phi) is 8.43. The molecule has 1 unspecified atom stereocenters. The molecule has 8 nitrogen and oxygen atoms in total. The van der Waals surface area contributed by atoms with E-state index in [1.54, 1.807) is 0 Å². The first-order valence-corrected chi connectivity index (χ1v) is 11.1. The van der Waals surface area contributed by atoms with Gasteiger partial charge in [0.15, 0.2) is 6.61 Å². The van der Waals surface area contributed by atoms with Gasteiger partial charge < -0.3 is 15.2 Å². The van der Waals surface area contributed by atoms with Crippen molar-refractivity contribution >= 4 is 18.0 Å². The van der Waals surface area contributed by atoms with Crippen molar-refractivity contribution in [2.24, 2.45) is 11.8 Å². The third-order valence-corrected chi connectivity index (χ3v) is 5.54. The molecule has 2 aromatic rings. The first-order chi connectivity index (χ1) is 15.8. The van der Waals surface area contributed by atoms with Gasteiger partial charge in [-0.1, -0.05) is 62.4 Å². The maximum Gasteiger partial charge on any atom is 0.407 e. The number of hydroxylamine groups is 1. The smallest absolute Gasteiger partial charge is 0.407 e. The highest BCUT2D eigenvalue weighted by Crippen LogP contribution is 2.44. The highest BCUT2D eigenvalue weighted by Gasteiger charge is 2.29. The molecule has 0 spiro atoms. The van der Waals surface area contributed by atoms with E-state index in [9.17, 15) is 14.4 Å². The van der Waals surface area contributed by atoms with Gasteiger partial charge in [0.25, 0.3) is 0 Å². The minimum Gasteiger partial charge on any atom is -0.479 e. The molecule has 2 aromatic carbocycles. The van der Waals surface area contributed by atoms with E-state index in [1.165, 1.54) is 0 Å². The molecule has 1 atom stereocenters. The molecule has 0 fully saturated rings. The molecule has 0 aromatic heterocycles. The van der Waals surface area contributed by atoms with Gasteiger partial charge >= 0.3 is 12.1 Å². The van der Waals surface area contributed by atoms with Crippen LogP contribution in [0.25, 0.3) is 11.1 Å². The molecule has 176 valence electrons. The summed E-state index contributed by atoms with van der Waals surface area (Å²) in [6.07, 6.45) is 0.269. The molecule has 2 amide bonds. The summed E-state index contributed by atoms with van der Waals surface area (Å²) in [7, 11) is 0. The van der Waals surface area contributed by atoms with Crippen LogP contribution in [0, 0.1) is 11.8 Å². The molecule has 0 radical (unpaired) electrons. The van der Waals surface area contributed by atoms with Crippen molar-refractivity contribution in [3.8, 4) is 11.1 Å². The Morgan fingerprint density at radius 3 is 2.18 bits per heavy atom. The number of carbonyl (C=O) groups excluding carboxylic acids is 2. The average molecular weight is 455 g/mol. The van der Waals surface area contributed by atoms with Crippen molar-refractivity contribution in [2.45, 2.75) is 32.6 Å². The molecule has 0 heterocycles. The first-order valence-electron chi connectivity index (χ1n) is 11.1. The highest BCUT2D eigenvalue weighted by atomic mass is 16.7. The number of hydrogen-bond donors (Lipinski definition) is 3. The fraction of sp³-hybridized carbons (Fsp3) is 0.400. The minimum atomic E-state index is -1.18. The zero-order valence-electron chi connectivity index (χ0n) is 18.9. The number of benzene rings is 2. The standard InChI is InChI=1S/C25H30N2O6/c1-16(2)11-17(12-23(28)27-33-15-24(29)30)13-26-25(31)32-14-22-20-9-5-3-7-18(20)19-8-4-6-10-21(19)22/h3-10,16-17,22H,11-15H2,1-2H3,(H,26,31)(H,27,28)(H,29,30). The van der Waals surface area contributed by atoms with Gasteiger partial charge in [-0.3, -0.25) is 9.63 Å². The lowest BCUT2D eigenvalue weighted by atomic mass is 9.94. The van der Waals surface area contributed by atoms with Gasteiger partial charge in [-0.25, -0.2) is 15.1 Å². The Labute approximate surface area is 193 Å². The predicted molar refractivity (Wildman–Crippen MR) is 122 cm³/mol. The number of aliphatic carboxylic acids is 1. The number of alkyl carbamates (subject to hydrolysis) is 1. The minimum absolute atomic E-state index is 0.0215. The van der Waals surface area contributed by atoms with E-state index in [0.717, 1.165) is 22.3 Å². The number of rotatable bonds is 11. The van der Waals surface area contributed by atoms with Crippen LogP contribution >= 0.6 is 0 Å². The molecule has 1 aliphatic carbocycles. The summed E-state index contributed by atoms with van der Waals surface area (Å²) >= 11 is 0. The van der Waals surface area contributed by atoms with Crippen LogP contribution in [0.4, 0.5) is 4.79 Å². The molecule has 0 bridgehead atoms. The summed E-state index contributed by atoms with van der Waals surface area (Å²) in [6.45, 7) is 3.93. The summed E-state index contributed by atoms with van der Waals surface area (Å²) in [4.78, 5) is 39.6. The van der Waals surface area contributed by atoms with Crippen molar-refractivity contribution in [1.29, 1.82) is 0 Å². The third kappa shape index (κ3) is 6.79. The first kappa shape index (κ1) is 24.3. The van der Waals surface area contributed by atoms with Crippen molar-refractivity contribution in [2.75, 3.05) is 19.8 Å². The Morgan fingerprint density at radius 2 is 1.61 bits per heavy atom. The maximum atomic E-state index is 12.4. The Morgan fingerprint density at radius 1 is 1.00 bits per heavy atom. The second-order valence-corrected chi connectivity index (χ2v) is 8.61. The van der Waals surface area contributed by atoms with Crippen LogP contribution in [0.15, 0.2) is 48.5 Å². The van der Waals surface area contributed by atoms with Crippen molar-refractivity contribution < 1.29 is 29.1 Å². The third-order valence-electron chi connectivity index (χ3n) is 5.54. The van der Waals surface area contributed by atoms with E-state index < -0.39 is 24.6 Å². The van der Waals surface area contributed by atoms with Gasteiger partial charge in [0.2, 0.25) is 5.91 Å². The van der Waals surface area contributed by atoms with Gasteiger partial charge in [0.05, 0.1) is 0 Å². The fourth-order valence-electron chi connectivity index (χ4n) is 4.26. The molecule has 3 N–H and O–H groups in total. The summed E-state index contributed by atoms with van der Waals surface area (Å²) in [5.41, 5.74) is 6.73. The van der Waals surface area contributed by atoms with Gasteiger partial charge in [0.1, 0.15) is 6.61 Å². The normalized spacial score (nSPS) is 13.2. The van der Waals surface area contributed by atoms with E-state index >= 15 is 0 Å². The predicted octanol–water partition coefficient (Wildman–Crippen LogP) is 3.71. The SMILES string of the molecule is CC(C)CC(CNC(=O)OCC1c2ccccc2-c2ccccc21)CC(=O)NOCC(=O)O. The van der Waals surface area contributed by atoms with Crippen LogP contribution in [0.3, 0.4) is 0 Å². The number of carbonyl (C=O) groups is 3. The van der Waals surface area contributed by atoms with Crippen LogP contribution in [-0.4, -0.2) is 42.8 Å². The van der Waals surface area contributed by atoms with Crippen molar-refractivity contribution in [3.63, 3.8) is 0 Å². The second-order valence-electron chi connectivity index (χ2n) is 8.61. The van der Waals surface area contributed by atoms with Crippen molar-refractivity contribution in [3.05, 3.63) is 59.7 Å².